The predicted molar refractivity (Wildman–Crippen MR) is 71.9 cm³/mol. The van der Waals surface area contributed by atoms with Gasteiger partial charge in [-0.2, -0.15) is 0 Å². The van der Waals surface area contributed by atoms with Gasteiger partial charge >= 0.3 is 0 Å². The van der Waals surface area contributed by atoms with Gasteiger partial charge in [0.2, 0.25) is 0 Å². The van der Waals surface area contributed by atoms with Crippen LogP contribution in [0.4, 0.5) is 0 Å². The van der Waals surface area contributed by atoms with Crippen LogP contribution >= 0.6 is 11.3 Å². The standard InChI is InChI=1S/C13H17N3S/c1-8-4-5-17-13(8)12(16-14)11-6-9(2)15-10(3)7-11/h4-7,12,16H,14H2,1-3H3. The van der Waals surface area contributed by atoms with Crippen molar-refractivity contribution in [2.45, 2.75) is 26.8 Å². The van der Waals surface area contributed by atoms with Gasteiger partial charge in [-0.15, -0.1) is 11.3 Å². The first-order valence-corrected chi connectivity index (χ1v) is 6.45. The van der Waals surface area contributed by atoms with E-state index in [0.717, 1.165) is 11.4 Å². The van der Waals surface area contributed by atoms with Gasteiger partial charge in [-0.3, -0.25) is 10.8 Å². The van der Waals surface area contributed by atoms with E-state index in [9.17, 15) is 0 Å². The third-order valence-electron chi connectivity index (χ3n) is 2.77. The lowest BCUT2D eigenvalue weighted by Gasteiger charge is -2.17. The molecule has 0 spiro atoms. The van der Waals surface area contributed by atoms with Gasteiger partial charge in [0.1, 0.15) is 0 Å². The number of thiophene rings is 1. The first-order chi connectivity index (χ1) is 8.11. The molecule has 0 bridgehead atoms. The van der Waals surface area contributed by atoms with Crippen LogP contribution in [-0.4, -0.2) is 4.98 Å². The number of nitrogens with one attached hydrogen (secondary N) is 1. The maximum absolute atomic E-state index is 5.70. The van der Waals surface area contributed by atoms with E-state index >= 15 is 0 Å². The highest BCUT2D eigenvalue weighted by atomic mass is 32.1. The number of hydrazine groups is 1. The molecule has 3 nitrogen and oxygen atoms in total. The van der Waals surface area contributed by atoms with Crippen molar-refractivity contribution < 1.29 is 0 Å². The van der Waals surface area contributed by atoms with Crippen LogP contribution in [0.15, 0.2) is 23.6 Å². The Hall–Kier alpha value is -1.23. The van der Waals surface area contributed by atoms with Crippen LogP contribution in [0.5, 0.6) is 0 Å². The van der Waals surface area contributed by atoms with Gasteiger partial charge in [0, 0.05) is 16.3 Å². The second-order valence-corrected chi connectivity index (χ2v) is 5.20. The molecule has 0 amide bonds. The quantitative estimate of drug-likeness (QED) is 0.647. The number of aryl methyl sites for hydroxylation is 3. The molecule has 0 aliphatic rings. The molecule has 0 saturated carbocycles. The summed E-state index contributed by atoms with van der Waals surface area (Å²) >= 11 is 1.73. The first-order valence-electron chi connectivity index (χ1n) is 5.57. The molecule has 2 aromatic heterocycles. The summed E-state index contributed by atoms with van der Waals surface area (Å²) in [6.07, 6.45) is 0. The summed E-state index contributed by atoms with van der Waals surface area (Å²) in [5.41, 5.74) is 7.38. The van der Waals surface area contributed by atoms with E-state index in [4.69, 9.17) is 5.84 Å². The van der Waals surface area contributed by atoms with E-state index in [1.54, 1.807) is 11.3 Å². The van der Waals surface area contributed by atoms with Crippen LogP contribution in [0, 0.1) is 20.8 Å². The maximum atomic E-state index is 5.70. The van der Waals surface area contributed by atoms with Crippen molar-refractivity contribution in [3.8, 4) is 0 Å². The van der Waals surface area contributed by atoms with Gasteiger partial charge in [0.25, 0.3) is 0 Å². The Kier molecular flexibility index (Phi) is 3.57. The molecule has 1 unspecified atom stereocenters. The number of aromatic nitrogens is 1. The number of hydrogen-bond donors (Lipinski definition) is 2. The second-order valence-electron chi connectivity index (χ2n) is 4.25. The van der Waals surface area contributed by atoms with E-state index in [0.29, 0.717) is 0 Å². The minimum absolute atomic E-state index is 0.0513. The van der Waals surface area contributed by atoms with Gasteiger partial charge in [-0.25, -0.2) is 5.43 Å². The predicted octanol–water partition coefficient (Wildman–Crippen LogP) is 2.62. The SMILES string of the molecule is Cc1cc(C(NN)c2sccc2C)cc(C)n1. The summed E-state index contributed by atoms with van der Waals surface area (Å²) in [4.78, 5) is 5.65. The highest BCUT2D eigenvalue weighted by Crippen LogP contribution is 2.29. The lowest BCUT2D eigenvalue weighted by molar-refractivity contribution is 0.641. The summed E-state index contributed by atoms with van der Waals surface area (Å²) in [5.74, 6) is 5.70. The number of nitrogens with zero attached hydrogens (tertiary/aromatic N) is 1. The third-order valence-corrected chi connectivity index (χ3v) is 3.85. The number of hydrogen-bond acceptors (Lipinski definition) is 4. The topological polar surface area (TPSA) is 50.9 Å². The van der Waals surface area contributed by atoms with Crippen molar-refractivity contribution in [1.29, 1.82) is 0 Å². The highest BCUT2D eigenvalue weighted by Gasteiger charge is 2.16. The summed E-state index contributed by atoms with van der Waals surface area (Å²) < 4.78 is 0. The molecule has 3 N–H and O–H groups in total. The van der Waals surface area contributed by atoms with E-state index in [-0.39, 0.29) is 6.04 Å². The molecule has 1 atom stereocenters. The minimum atomic E-state index is 0.0513. The zero-order chi connectivity index (χ0) is 12.4. The molecule has 2 rings (SSSR count). The fourth-order valence-electron chi connectivity index (χ4n) is 2.04. The van der Waals surface area contributed by atoms with Crippen molar-refractivity contribution in [1.82, 2.24) is 10.4 Å². The summed E-state index contributed by atoms with van der Waals surface area (Å²) in [6, 6.07) is 6.33. The Morgan fingerprint density at radius 3 is 2.35 bits per heavy atom. The van der Waals surface area contributed by atoms with Gasteiger partial charge in [-0.05, 0) is 55.5 Å². The average molecular weight is 247 g/mol. The van der Waals surface area contributed by atoms with Crippen molar-refractivity contribution in [2.24, 2.45) is 5.84 Å². The lowest BCUT2D eigenvalue weighted by atomic mass is 10.0. The molecule has 2 aromatic rings. The number of pyridine rings is 1. The fraction of sp³-hybridized carbons (Fsp3) is 0.308. The largest absolute Gasteiger partial charge is 0.271 e. The monoisotopic (exact) mass is 247 g/mol. The molecule has 0 aliphatic carbocycles. The fourth-order valence-corrected chi connectivity index (χ4v) is 3.05. The Bertz CT molecular complexity index is 499. The Morgan fingerprint density at radius 1 is 1.24 bits per heavy atom. The molecule has 17 heavy (non-hydrogen) atoms. The molecule has 90 valence electrons. The lowest BCUT2D eigenvalue weighted by Crippen LogP contribution is -2.28. The molecule has 0 saturated heterocycles. The van der Waals surface area contributed by atoms with Crippen LogP contribution in [0.1, 0.15) is 33.4 Å². The highest BCUT2D eigenvalue weighted by molar-refractivity contribution is 7.10. The molecule has 0 fully saturated rings. The normalized spacial score (nSPS) is 12.7. The number of rotatable bonds is 3. The van der Waals surface area contributed by atoms with E-state index in [2.05, 4.69) is 40.9 Å². The van der Waals surface area contributed by atoms with Gasteiger partial charge < -0.3 is 0 Å². The van der Waals surface area contributed by atoms with Gasteiger partial charge in [0.05, 0.1) is 6.04 Å². The molecule has 2 heterocycles. The van der Waals surface area contributed by atoms with E-state index in [1.165, 1.54) is 16.0 Å². The van der Waals surface area contributed by atoms with Crippen LogP contribution < -0.4 is 11.3 Å². The number of nitrogens with two attached hydrogens (primary N) is 1. The van der Waals surface area contributed by atoms with Crippen LogP contribution in [0.2, 0.25) is 0 Å². The Morgan fingerprint density at radius 2 is 1.88 bits per heavy atom. The Labute approximate surface area is 106 Å². The smallest absolute Gasteiger partial charge is 0.0806 e. The van der Waals surface area contributed by atoms with E-state index < -0.39 is 0 Å². The summed E-state index contributed by atoms with van der Waals surface area (Å²) in [6.45, 7) is 6.12. The maximum Gasteiger partial charge on any atom is 0.0806 e. The summed E-state index contributed by atoms with van der Waals surface area (Å²) in [7, 11) is 0. The van der Waals surface area contributed by atoms with Crippen molar-refractivity contribution in [2.75, 3.05) is 0 Å². The molecule has 0 radical (unpaired) electrons. The van der Waals surface area contributed by atoms with Crippen molar-refractivity contribution in [3.05, 3.63) is 51.0 Å². The van der Waals surface area contributed by atoms with E-state index in [1.807, 2.05) is 13.8 Å². The van der Waals surface area contributed by atoms with Gasteiger partial charge in [0.15, 0.2) is 0 Å². The molecular formula is C13H17N3S. The minimum Gasteiger partial charge on any atom is -0.271 e. The van der Waals surface area contributed by atoms with Crippen LogP contribution in [0.25, 0.3) is 0 Å². The first kappa shape index (κ1) is 12.2. The average Bonchev–Trinajstić information content (AvgIpc) is 2.65. The zero-order valence-electron chi connectivity index (χ0n) is 10.3. The third kappa shape index (κ3) is 2.54. The van der Waals surface area contributed by atoms with Crippen LogP contribution in [-0.2, 0) is 0 Å². The summed E-state index contributed by atoms with van der Waals surface area (Å²) in [5, 5.41) is 2.09. The van der Waals surface area contributed by atoms with Crippen LogP contribution in [0.3, 0.4) is 0 Å². The van der Waals surface area contributed by atoms with Crippen molar-refractivity contribution in [3.63, 3.8) is 0 Å². The molecular weight excluding hydrogens is 230 g/mol. The molecule has 0 aliphatic heterocycles. The molecule has 0 aromatic carbocycles. The van der Waals surface area contributed by atoms with Gasteiger partial charge in [-0.1, -0.05) is 0 Å². The van der Waals surface area contributed by atoms with Crippen molar-refractivity contribution >= 4 is 11.3 Å². The molecule has 4 heteroatoms. The Balaban J connectivity index is 2.45. The zero-order valence-corrected chi connectivity index (χ0v) is 11.1. The second kappa shape index (κ2) is 4.96.